The van der Waals surface area contributed by atoms with Crippen molar-refractivity contribution < 1.29 is 22.4 Å². The van der Waals surface area contributed by atoms with Crippen LogP contribution in [-0.4, -0.2) is 37.4 Å². The number of nitrogens with zero attached hydrogens (tertiary/aromatic N) is 2. The predicted molar refractivity (Wildman–Crippen MR) is 103 cm³/mol. The number of hydrogen-bond donors (Lipinski definition) is 1. The van der Waals surface area contributed by atoms with E-state index in [2.05, 4.69) is 15.5 Å². The number of aromatic nitrogens is 2. The van der Waals surface area contributed by atoms with Gasteiger partial charge in [0.25, 0.3) is 0 Å². The molecule has 0 unspecified atom stereocenters. The van der Waals surface area contributed by atoms with Gasteiger partial charge < -0.3 is 9.15 Å². The normalized spacial score (nSPS) is 11.2. The Morgan fingerprint density at radius 3 is 2.43 bits per heavy atom. The Balaban J connectivity index is 1.59. The smallest absolute Gasteiger partial charge is 0.322 e. The number of carbonyl (C=O) groups is 1. The SMILES string of the molecule is COc1ccc(S(=O)(=O)CCC(=O)Nc2nnc(-c3ccc(Cl)cc3)o2)cc1. The van der Waals surface area contributed by atoms with Crippen molar-refractivity contribution in [3.8, 4) is 17.2 Å². The molecule has 3 rings (SSSR count). The Bertz CT molecular complexity index is 1060. The van der Waals surface area contributed by atoms with Gasteiger partial charge in [0.2, 0.25) is 11.8 Å². The third-order valence-electron chi connectivity index (χ3n) is 3.78. The van der Waals surface area contributed by atoms with Crippen LogP contribution in [0.15, 0.2) is 57.8 Å². The molecule has 0 atom stereocenters. The van der Waals surface area contributed by atoms with E-state index in [0.29, 0.717) is 16.3 Å². The molecule has 1 aromatic heterocycles. The zero-order valence-corrected chi connectivity index (χ0v) is 16.3. The molecule has 1 heterocycles. The van der Waals surface area contributed by atoms with Crippen molar-refractivity contribution in [3.63, 3.8) is 0 Å². The molecule has 1 N–H and O–H groups in total. The number of sulfone groups is 1. The van der Waals surface area contributed by atoms with Gasteiger partial charge in [-0.3, -0.25) is 10.1 Å². The maximum absolute atomic E-state index is 12.3. The van der Waals surface area contributed by atoms with Crippen LogP contribution in [0.3, 0.4) is 0 Å². The Hall–Kier alpha value is -2.91. The van der Waals surface area contributed by atoms with Gasteiger partial charge in [0.1, 0.15) is 5.75 Å². The average molecular weight is 422 g/mol. The van der Waals surface area contributed by atoms with Crippen LogP contribution < -0.4 is 10.1 Å². The first-order valence-electron chi connectivity index (χ1n) is 8.13. The van der Waals surface area contributed by atoms with Gasteiger partial charge in [-0.25, -0.2) is 8.42 Å². The third-order valence-corrected chi connectivity index (χ3v) is 5.76. The van der Waals surface area contributed by atoms with Crippen molar-refractivity contribution in [2.75, 3.05) is 18.2 Å². The zero-order valence-electron chi connectivity index (χ0n) is 14.8. The zero-order chi connectivity index (χ0) is 20.1. The number of hydrogen-bond acceptors (Lipinski definition) is 7. The van der Waals surface area contributed by atoms with E-state index in [9.17, 15) is 13.2 Å². The maximum Gasteiger partial charge on any atom is 0.322 e. The summed E-state index contributed by atoms with van der Waals surface area (Å²) in [5.41, 5.74) is 0.638. The summed E-state index contributed by atoms with van der Waals surface area (Å²) >= 11 is 5.83. The summed E-state index contributed by atoms with van der Waals surface area (Å²) in [6, 6.07) is 12.6. The molecule has 146 valence electrons. The number of methoxy groups -OCH3 is 1. The van der Waals surface area contributed by atoms with Crippen LogP contribution >= 0.6 is 11.6 Å². The lowest BCUT2D eigenvalue weighted by Crippen LogP contribution is -2.17. The molecular weight excluding hydrogens is 406 g/mol. The van der Waals surface area contributed by atoms with Gasteiger partial charge in [0.15, 0.2) is 9.84 Å². The standard InChI is InChI=1S/C18H16ClN3O5S/c1-26-14-6-8-15(9-7-14)28(24,25)11-10-16(23)20-18-22-21-17(27-18)12-2-4-13(19)5-3-12/h2-9H,10-11H2,1H3,(H,20,22,23). The average Bonchev–Trinajstić information content (AvgIpc) is 3.15. The number of ether oxygens (including phenoxy) is 1. The molecular formula is C18H16ClN3O5S. The Morgan fingerprint density at radius 1 is 1.11 bits per heavy atom. The molecule has 0 fully saturated rings. The van der Waals surface area contributed by atoms with Crippen LogP contribution in [-0.2, 0) is 14.6 Å². The molecule has 3 aromatic rings. The summed E-state index contributed by atoms with van der Waals surface area (Å²) < 4.78 is 35.0. The number of rotatable bonds is 7. The van der Waals surface area contributed by atoms with Gasteiger partial charge in [0, 0.05) is 17.0 Å². The molecule has 10 heteroatoms. The molecule has 0 aliphatic heterocycles. The minimum Gasteiger partial charge on any atom is -0.497 e. The topological polar surface area (TPSA) is 111 Å². The van der Waals surface area contributed by atoms with Crippen molar-refractivity contribution in [2.45, 2.75) is 11.3 Å². The molecule has 0 radical (unpaired) electrons. The van der Waals surface area contributed by atoms with E-state index in [1.807, 2.05) is 0 Å². The molecule has 0 aliphatic rings. The molecule has 0 saturated heterocycles. The van der Waals surface area contributed by atoms with Crippen LogP contribution in [0.1, 0.15) is 6.42 Å². The number of carbonyl (C=O) groups excluding carboxylic acids is 1. The monoisotopic (exact) mass is 421 g/mol. The van der Waals surface area contributed by atoms with Crippen LogP contribution in [0.25, 0.3) is 11.5 Å². The van der Waals surface area contributed by atoms with Gasteiger partial charge in [-0.2, -0.15) is 0 Å². The van der Waals surface area contributed by atoms with Gasteiger partial charge >= 0.3 is 6.01 Å². The highest BCUT2D eigenvalue weighted by Crippen LogP contribution is 2.22. The highest BCUT2D eigenvalue weighted by atomic mass is 35.5. The molecule has 2 aromatic carbocycles. The van der Waals surface area contributed by atoms with Gasteiger partial charge in [0.05, 0.1) is 17.8 Å². The Kier molecular flexibility index (Phi) is 5.96. The number of anilines is 1. The van der Waals surface area contributed by atoms with E-state index < -0.39 is 15.7 Å². The fourth-order valence-electron chi connectivity index (χ4n) is 2.29. The highest BCUT2D eigenvalue weighted by molar-refractivity contribution is 7.91. The van der Waals surface area contributed by atoms with E-state index in [1.165, 1.54) is 19.2 Å². The van der Waals surface area contributed by atoms with Crippen LogP contribution in [0.5, 0.6) is 5.75 Å². The quantitative estimate of drug-likeness (QED) is 0.623. The van der Waals surface area contributed by atoms with Crippen LogP contribution in [0.4, 0.5) is 6.01 Å². The van der Waals surface area contributed by atoms with Crippen molar-refractivity contribution >= 4 is 33.4 Å². The number of nitrogens with one attached hydrogen (secondary N) is 1. The third kappa shape index (κ3) is 4.87. The molecule has 0 bridgehead atoms. The second-order valence-electron chi connectivity index (χ2n) is 5.71. The Labute approximate surface area is 166 Å². The fraction of sp³-hybridized carbons (Fsp3) is 0.167. The number of benzene rings is 2. The summed E-state index contributed by atoms with van der Waals surface area (Å²) in [6.45, 7) is 0. The second kappa shape index (κ2) is 8.41. The van der Waals surface area contributed by atoms with Crippen molar-refractivity contribution in [3.05, 3.63) is 53.6 Å². The summed E-state index contributed by atoms with van der Waals surface area (Å²) in [6.07, 6.45) is -0.257. The van der Waals surface area contributed by atoms with Gasteiger partial charge in [-0.1, -0.05) is 16.7 Å². The number of amides is 1. The summed E-state index contributed by atoms with van der Waals surface area (Å²) in [7, 11) is -2.12. The van der Waals surface area contributed by atoms with E-state index >= 15 is 0 Å². The molecule has 0 aliphatic carbocycles. The molecule has 0 spiro atoms. The number of halogens is 1. The maximum atomic E-state index is 12.3. The first-order chi connectivity index (χ1) is 13.4. The van der Waals surface area contributed by atoms with Gasteiger partial charge in [-0.05, 0) is 48.5 Å². The van der Waals surface area contributed by atoms with E-state index in [0.717, 1.165) is 0 Å². The minimum atomic E-state index is -3.61. The van der Waals surface area contributed by atoms with E-state index in [4.69, 9.17) is 20.8 Å². The predicted octanol–water partition coefficient (Wildman–Crippen LogP) is 3.20. The van der Waals surface area contributed by atoms with Crippen LogP contribution in [0.2, 0.25) is 5.02 Å². The lowest BCUT2D eigenvalue weighted by atomic mass is 10.2. The second-order valence-corrected chi connectivity index (χ2v) is 8.26. The van der Waals surface area contributed by atoms with E-state index in [1.54, 1.807) is 36.4 Å². The molecule has 8 nitrogen and oxygen atoms in total. The lowest BCUT2D eigenvalue weighted by molar-refractivity contribution is -0.115. The van der Waals surface area contributed by atoms with Crippen LogP contribution in [0, 0.1) is 0 Å². The molecule has 28 heavy (non-hydrogen) atoms. The first kappa shape index (κ1) is 19.8. The largest absolute Gasteiger partial charge is 0.497 e. The van der Waals surface area contributed by atoms with E-state index in [-0.39, 0.29) is 29.0 Å². The Morgan fingerprint density at radius 2 is 1.79 bits per heavy atom. The molecule has 0 saturated carbocycles. The highest BCUT2D eigenvalue weighted by Gasteiger charge is 2.18. The summed E-state index contributed by atoms with van der Waals surface area (Å²) in [5.74, 6) is -0.158. The van der Waals surface area contributed by atoms with Crippen molar-refractivity contribution in [2.24, 2.45) is 0 Å². The van der Waals surface area contributed by atoms with Gasteiger partial charge in [-0.15, -0.1) is 5.10 Å². The summed E-state index contributed by atoms with van der Waals surface area (Å²) in [5, 5.41) is 10.5. The molecule has 1 amide bonds. The lowest BCUT2D eigenvalue weighted by Gasteiger charge is -2.05. The van der Waals surface area contributed by atoms with Crippen molar-refractivity contribution in [1.82, 2.24) is 10.2 Å². The summed E-state index contributed by atoms with van der Waals surface area (Å²) in [4.78, 5) is 12.2. The first-order valence-corrected chi connectivity index (χ1v) is 10.2. The van der Waals surface area contributed by atoms with Crippen molar-refractivity contribution in [1.29, 1.82) is 0 Å². The minimum absolute atomic E-state index is 0.114. The fourth-order valence-corrected chi connectivity index (χ4v) is 3.66.